The van der Waals surface area contributed by atoms with Crippen LogP contribution in [0.1, 0.15) is 21.8 Å². The summed E-state index contributed by atoms with van der Waals surface area (Å²) in [5, 5.41) is 6.40. The Kier molecular flexibility index (Phi) is 2.64. The minimum atomic E-state index is -0.189. The molecule has 86 valence electrons. The number of aromatic nitrogens is 1. The molecule has 2 amide bonds. The molecule has 0 saturated carbocycles. The van der Waals surface area contributed by atoms with Gasteiger partial charge in [0.2, 0.25) is 5.91 Å². The molecule has 1 fully saturated rings. The Hall–Kier alpha value is -1.85. The zero-order chi connectivity index (χ0) is 11.7. The summed E-state index contributed by atoms with van der Waals surface area (Å²) >= 11 is 0. The van der Waals surface area contributed by atoms with Gasteiger partial charge in [-0.05, 0) is 13.8 Å². The minimum absolute atomic E-state index is 0.100. The Balaban J connectivity index is 2.22. The smallest absolute Gasteiger partial charge is 0.259 e. The van der Waals surface area contributed by atoms with Gasteiger partial charge in [-0.25, -0.2) is 0 Å². The second-order valence-electron chi connectivity index (χ2n) is 3.78. The van der Waals surface area contributed by atoms with E-state index >= 15 is 0 Å². The van der Waals surface area contributed by atoms with Crippen LogP contribution in [0.2, 0.25) is 0 Å². The maximum Gasteiger partial charge on any atom is 0.259 e. The summed E-state index contributed by atoms with van der Waals surface area (Å²) in [7, 11) is 0. The maximum atomic E-state index is 12.1. The summed E-state index contributed by atoms with van der Waals surface area (Å²) in [6, 6.07) is 0. The molecule has 0 spiro atoms. The number of rotatable bonds is 1. The van der Waals surface area contributed by atoms with E-state index < -0.39 is 0 Å². The number of nitrogens with one attached hydrogen (secondary N) is 1. The van der Waals surface area contributed by atoms with E-state index in [-0.39, 0.29) is 18.4 Å². The zero-order valence-corrected chi connectivity index (χ0v) is 9.24. The van der Waals surface area contributed by atoms with E-state index in [1.807, 2.05) is 0 Å². The number of hydrogen-bond acceptors (Lipinski definition) is 4. The normalized spacial score (nSPS) is 16.1. The van der Waals surface area contributed by atoms with E-state index in [4.69, 9.17) is 4.52 Å². The largest absolute Gasteiger partial charge is 0.361 e. The number of nitrogens with zero attached hydrogens (tertiary/aromatic N) is 2. The van der Waals surface area contributed by atoms with Gasteiger partial charge in [-0.1, -0.05) is 5.16 Å². The number of hydrogen-bond donors (Lipinski definition) is 1. The highest BCUT2D eigenvalue weighted by atomic mass is 16.5. The Bertz CT molecular complexity index is 419. The van der Waals surface area contributed by atoms with Gasteiger partial charge in [0.25, 0.3) is 5.91 Å². The monoisotopic (exact) mass is 223 g/mol. The SMILES string of the molecule is Cc1noc(C)c1C(=O)N1CCNC(=O)C1. The molecule has 1 aliphatic heterocycles. The quantitative estimate of drug-likeness (QED) is 0.719. The van der Waals surface area contributed by atoms with Crippen LogP contribution in [0.4, 0.5) is 0 Å². The third-order valence-electron chi connectivity index (χ3n) is 2.57. The molecule has 1 aromatic rings. The Morgan fingerprint density at radius 2 is 2.25 bits per heavy atom. The lowest BCUT2D eigenvalue weighted by atomic mass is 10.1. The molecule has 0 radical (unpaired) electrons. The van der Waals surface area contributed by atoms with Crippen LogP contribution in [0.5, 0.6) is 0 Å². The highest BCUT2D eigenvalue weighted by Gasteiger charge is 2.26. The maximum absolute atomic E-state index is 12.1. The second-order valence-corrected chi connectivity index (χ2v) is 3.78. The van der Waals surface area contributed by atoms with Gasteiger partial charge in [0.1, 0.15) is 11.3 Å². The third kappa shape index (κ3) is 1.78. The first-order chi connectivity index (χ1) is 7.59. The molecule has 16 heavy (non-hydrogen) atoms. The first-order valence-corrected chi connectivity index (χ1v) is 5.08. The Morgan fingerprint density at radius 1 is 1.50 bits per heavy atom. The first kappa shape index (κ1) is 10.7. The molecule has 1 saturated heterocycles. The van der Waals surface area contributed by atoms with Gasteiger partial charge >= 0.3 is 0 Å². The highest BCUT2D eigenvalue weighted by Crippen LogP contribution is 2.15. The molecule has 1 aliphatic rings. The topological polar surface area (TPSA) is 75.4 Å². The Morgan fingerprint density at radius 3 is 2.81 bits per heavy atom. The number of amides is 2. The van der Waals surface area contributed by atoms with Crippen molar-refractivity contribution >= 4 is 11.8 Å². The molecule has 1 N–H and O–H groups in total. The lowest BCUT2D eigenvalue weighted by molar-refractivity contribution is -0.123. The number of carbonyl (C=O) groups is 2. The Labute approximate surface area is 92.6 Å². The van der Waals surface area contributed by atoms with Gasteiger partial charge in [-0.15, -0.1) is 0 Å². The van der Waals surface area contributed by atoms with E-state index in [9.17, 15) is 9.59 Å². The zero-order valence-electron chi connectivity index (χ0n) is 9.24. The molecule has 0 unspecified atom stereocenters. The van der Waals surface area contributed by atoms with Gasteiger partial charge in [0.15, 0.2) is 0 Å². The van der Waals surface area contributed by atoms with Crippen molar-refractivity contribution in [3.05, 3.63) is 17.0 Å². The van der Waals surface area contributed by atoms with Gasteiger partial charge < -0.3 is 14.7 Å². The molecule has 6 nitrogen and oxygen atoms in total. The molecular formula is C10H13N3O3. The minimum Gasteiger partial charge on any atom is -0.361 e. The average Bonchev–Trinajstić information content (AvgIpc) is 2.58. The predicted molar refractivity (Wildman–Crippen MR) is 54.9 cm³/mol. The van der Waals surface area contributed by atoms with Crippen molar-refractivity contribution in [1.29, 1.82) is 0 Å². The van der Waals surface area contributed by atoms with Crippen molar-refractivity contribution in [3.8, 4) is 0 Å². The van der Waals surface area contributed by atoms with Crippen molar-refractivity contribution in [2.45, 2.75) is 13.8 Å². The van der Waals surface area contributed by atoms with Crippen LogP contribution in [0.25, 0.3) is 0 Å². The van der Waals surface area contributed by atoms with Crippen LogP contribution >= 0.6 is 0 Å². The van der Waals surface area contributed by atoms with Gasteiger partial charge in [0, 0.05) is 13.1 Å². The lowest BCUT2D eigenvalue weighted by Gasteiger charge is -2.26. The van der Waals surface area contributed by atoms with E-state index in [2.05, 4.69) is 10.5 Å². The van der Waals surface area contributed by atoms with E-state index in [1.54, 1.807) is 13.8 Å². The summed E-state index contributed by atoms with van der Waals surface area (Å²) in [5.41, 5.74) is 1.03. The summed E-state index contributed by atoms with van der Waals surface area (Å²) in [4.78, 5) is 24.8. The van der Waals surface area contributed by atoms with E-state index in [1.165, 1.54) is 4.90 Å². The van der Waals surface area contributed by atoms with E-state index in [0.29, 0.717) is 30.1 Å². The molecule has 2 heterocycles. The van der Waals surface area contributed by atoms with Crippen LogP contribution in [0.15, 0.2) is 4.52 Å². The standard InChI is InChI=1S/C10H13N3O3/c1-6-9(7(2)16-12-6)10(15)13-4-3-11-8(14)5-13/h3-5H2,1-2H3,(H,11,14). The van der Waals surface area contributed by atoms with Crippen molar-refractivity contribution in [2.24, 2.45) is 0 Å². The summed E-state index contributed by atoms with van der Waals surface area (Å²) in [5.74, 6) is 0.172. The van der Waals surface area contributed by atoms with Crippen LogP contribution in [0, 0.1) is 13.8 Å². The molecular weight excluding hydrogens is 210 g/mol. The highest BCUT2D eigenvalue weighted by molar-refractivity contribution is 5.98. The van der Waals surface area contributed by atoms with Gasteiger partial charge in [0.05, 0.1) is 12.2 Å². The first-order valence-electron chi connectivity index (χ1n) is 5.08. The van der Waals surface area contributed by atoms with Crippen LogP contribution in [0.3, 0.4) is 0 Å². The van der Waals surface area contributed by atoms with Crippen molar-refractivity contribution in [3.63, 3.8) is 0 Å². The molecule has 0 atom stereocenters. The fourth-order valence-corrected chi connectivity index (χ4v) is 1.76. The summed E-state index contributed by atoms with van der Waals surface area (Å²) < 4.78 is 4.94. The number of aryl methyl sites for hydroxylation is 2. The van der Waals surface area contributed by atoms with Crippen molar-refractivity contribution < 1.29 is 14.1 Å². The van der Waals surface area contributed by atoms with Crippen LogP contribution < -0.4 is 5.32 Å². The molecule has 0 aliphatic carbocycles. The fraction of sp³-hybridized carbons (Fsp3) is 0.500. The van der Waals surface area contributed by atoms with Crippen molar-refractivity contribution in [1.82, 2.24) is 15.4 Å². The van der Waals surface area contributed by atoms with Gasteiger partial charge in [-0.2, -0.15) is 0 Å². The molecule has 1 aromatic heterocycles. The number of piperazine rings is 1. The third-order valence-corrected chi connectivity index (χ3v) is 2.57. The van der Waals surface area contributed by atoms with Crippen molar-refractivity contribution in [2.75, 3.05) is 19.6 Å². The molecule has 0 bridgehead atoms. The van der Waals surface area contributed by atoms with Crippen LogP contribution in [-0.4, -0.2) is 41.5 Å². The summed E-state index contributed by atoms with van der Waals surface area (Å²) in [6.07, 6.45) is 0. The van der Waals surface area contributed by atoms with E-state index in [0.717, 1.165) is 0 Å². The molecule has 0 aromatic carbocycles. The molecule has 2 rings (SSSR count). The lowest BCUT2D eigenvalue weighted by Crippen LogP contribution is -2.50. The second kappa shape index (κ2) is 3.96. The predicted octanol–water partition coefficient (Wildman–Crippen LogP) is -0.137. The summed E-state index contributed by atoms with van der Waals surface area (Å²) in [6.45, 7) is 4.52. The number of carbonyl (C=O) groups excluding carboxylic acids is 2. The van der Waals surface area contributed by atoms with Crippen LogP contribution in [-0.2, 0) is 4.79 Å². The average molecular weight is 223 g/mol. The fourth-order valence-electron chi connectivity index (χ4n) is 1.76. The van der Waals surface area contributed by atoms with Gasteiger partial charge in [-0.3, -0.25) is 9.59 Å². The molecule has 6 heteroatoms.